The molecule has 0 aromatic rings. The summed E-state index contributed by atoms with van der Waals surface area (Å²) >= 11 is 5.78. The van der Waals surface area contributed by atoms with Crippen LogP contribution >= 0.6 is 11.6 Å². The van der Waals surface area contributed by atoms with Crippen LogP contribution in [0.1, 0.15) is 20.8 Å². The van der Waals surface area contributed by atoms with Crippen LogP contribution in [0.3, 0.4) is 0 Å². The molecule has 0 spiro atoms. The molecule has 0 rings (SSSR count). The highest BCUT2D eigenvalue weighted by atomic mass is 35.5. The molecule has 0 saturated carbocycles. The zero-order chi connectivity index (χ0) is 11.4. The molecule has 0 aliphatic heterocycles. The number of carbonyl (C=O) groups is 1. The molecule has 0 saturated heterocycles. The molecule has 0 aliphatic carbocycles. The fraction of sp³-hybridized carbons (Fsp3) is 0.364. The quantitative estimate of drug-likeness (QED) is 0.517. The predicted molar refractivity (Wildman–Crippen MR) is 57.8 cm³/mol. The van der Waals surface area contributed by atoms with Gasteiger partial charge in [0.05, 0.1) is 0 Å². The SMILES string of the molecule is C=C/C(F)=C\C(=C(/C)Cl)C(C)(C)C=O. The van der Waals surface area contributed by atoms with Crippen molar-refractivity contribution >= 4 is 17.9 Å². The summed E-state index contributed by atoms with van der Waals surface area (Å²) in [6.07, 6.45) is 3.03. The van der Waals surface area contributed by atoms with E-state index in [9.17, 15) is 9.18 Å². The van der Waals surface area contributed by atoms with Crippen LogP contribution < -0.4 is 0 Å². The molecule has 0 aromatic heterocycles. The molecule has 0 heterocycles. The van der Waals surface area contributed by atoms with Crippen molar-refractivity contribution in [1.29, 1.82) is 0 Å². The van der Waals surface area contributed by atoms with E-state index in [0.29, 0.717) is 10.6 Å². The van der Waals surface area contributed by atoms with Crippen molar-refractivity contribution in [3.63, 3.8) is 0 Å². The van der Waals surface area contributed by atoms with Gasteiger partial charge in [-0.3, -0.25) is 0 Å². The monoisotopic (exact) mass is 216 g/mol. The molecule has 0 fully saturated rings. The number of allylic oxidation sites excluding steroid dienone is 5. The van der Waals surface area contributed by atoms with Gasteiger partial charge in [0.1, 0.15) is 12.1 Å². The molecule has 1 nitrogen and oxygen atoms in total. The topological polar surface area (TPSA) is 17.1 Å². The van der Waals surface area contributed by atoms with Gasteiger partial charge in [-0.1, -0.05) is 18.2 Å². The Morgan fingerprint density at radius 2 is 2.00 bits per heavy atom. The standard InChI is InChI=1S/C11H14ClFO/c1-5-9(13)6-10(8(2)12)11(3,4)7-14/h5-7H,1H2,2-4H3/b9-6+,10-8-. The predicted octanol–water partition coefficient (Wildman–Crippen LogP) is 3.76. The minimum Gasteiger partial charge on any atom is -0.302 e. The molecule has 0 atom stereocenters. The number of halogens is 2. The third-order valence-corrected chi connectivity index (χ3v) is 2.04. The minimum atomic E-state index is -0.786. The zero-order valence-electron chi connectivity index (χ0n) is 8.60. The third-order valence-electron chi connectivity index (χ3n) is 1.84. The average molecular weight is 217 g/mol. The van der Waals surface area contributed by atoms with E-state index in [-0.39, 0.29) is 0 Å². The summed E-state index contributed by atoms with van der Waals surface area (Å²) in [5.74, 6) is -0.505. The summed E-state index contributed by atoms with van der Waals surface area (Å²) in [4.78, 5) is 10.8. The van der Waals surface area contributed by atoms with E-state index in [1.165, 1.54) is 6.08 Å². The van der Waals surface area contributed by atoms with E-state index >= 15 is 0 Å². The van der Waals surface area contributed by atoms with Crippen LogP contribution in [0.5, 0.6) is 0 Å². The molecule has 0 amide bonds. The maximum Gasteiger partial charge on any atom is 0.130 e. The largest absolute Gasteiger partial charge is 0.302 e. The van der Waals surface area contributed by atoms with Crippen molar-refractivity contribution in [2.24, 2.45) is 5.41 Å². The Labute approximate surface area is 89.0 Å². The van der Waals surface area contributed by atoms with Gasteiger partial charge in [0.15, 0.2) is 0 Å². The summed E-state index contributed by atoms with van der Waals surface area (Å²) in [6, 6.07) is 0. The molecule has 0 bridgehead atoms. The Kier molecular flexibility index (Phi) is 4.78. The van der Waals surface area contributed by atoms with Crippen molar-refractivity contribution in [2.75, 3.05) is 0 Å². The molecule has 3 heteroatoms. The van der Waals surface area contributed by atoms with Gasteiger partial charge in [-0.05, 0) is 38.5 Å². The highest BCUT2D eigenvalue weighted by molar-refractivity contribution is 6.30. The van der Waals surface area contributed by atoms with Crippen LogP contribution in [0.25, 0.3) is 0 Å². The molecule has 0 unspecified atom stereocenters. The second kappa shape index (κ2) is 5.11. The summed E-state index contributed by atoms with van der Waals surface area (Å²) in [7, 11) is 0. The summed E-state index contributed by atoms with van der Waals surface area (Å²) in [6.45, 7) is 8.25. The van der Waals surface area contributed by atoms with Crippen molar-refractivity contribution in [3.05, 3.63) is 35.2 Å². The van der Waals surface area contributed by atoms with E-state index in [1.807, 2.05) is 0 Å². The molecular formula is C11H14ClFO. The van der Waals surface area contributed by atoms with Crippen molar-refractivity contribution in [2.45, 2.75) is 20.8 Å². The van der Waals surface area contributed by atoms with Crippen LogP contribution in [-0.2, 0) is 4.79 Å². The Hall–Kier alpha value is -0.890. The third kappa shape index (κ3) is 3.46. The first-order valence-electron chi connectivity index (χ1n) is 4.18. The highest BCUT2D eigenvalue weighted by Crippen LogP contribution is 2.30. The van der Waals surface area contributed by atoms with Gasteiger partial charge in [0.25, 0.3) is 0 Å². The van der Waals surface area contributed by atoms with Crippen molar-refractivity contribution in [3.8, 4) is 0 Å². The lowest BCUT2D eigenvalue weighted by atomic mass is 9.85. The average Bonchev–Trinajstić information content (AvgIpc) is 2.12. The lowest BCUT2D eigenvalue weighted by molar-refractivity contribution is -0.113. The van der Waals surface area contributed by atoms with Crippen LogP contribution in [0, 0.1) is 5.41 Å². The Bertz CT molecular complexity index is 296. The Balaban J connectivity index is 5.32. The van der Waals surface area contributed by atoms with Gasteiger partial charge in [0, 0.05) is 10.4 Å². The first kappa shape index (κ1) is 13.1. The number of aldehydes is 1. The van der Waals surface area contributed by atoms with Crippen molar-refractivity contribution in [1.82, 2.24) is 0 Å². The van der Waals surface area contributed by atoms with Crippen LogP contribution in [0.4, 0.5) is 4.39 Å². The number of rotatable bonds is 4. The fourth-order valence-electron chi connectivity index (χ4n) is 0.990. The van der Waals surface area contributed by atoms with Gasteiger partial charge < -0.3 is 4.79 Å². The first-order chi connectivity index (χ1) is 6.35. The highest BCUT2D eigenvalue weighted by Gasteiger charge is 2.23. The second-order valence-corrected chi connectivity index (χ2v) is 4.09. The first-order valence-corrected chi connectivity index (χ1v) is 4.55. The van der Waals surface area contributed by atoms with Gasteiger partial charge in [-0.2, -0.15) is 0 Å². The van der Waals surface area contributed by atoms with Crippen LogP contribution in [0.15, 0.2) is 35.2 Å². The van der Waals surface area contributed by atoms with Crippen LogP contribution in [0.2, 0.25) is 0 Å². The van der Waals surface area contributed by atoms with E-state index < -0.39 is 11.2 Å². The van der Waals surface area contributed by atoms with Crippen LogP contribution in [-0.4, -0.2) is 6.29 Å². The second-order valence-electron chi connectivity index (χ2n) is 3.52. The van der Waals surface area contributed by atoms with Gasteiger partial charge in [-0.15, -0.1) is 0 Å². The zero-order valence-corrected chi connectivity index (χ0v) is 9.36. The maximum atomic E-state index is 12.9. The number of carbonyl (C=O) groups excluding carboxylic acids is 1. The molecular weight excluding hydrogens is 203 g/mol. The molecule has 0 N–H and O–H groups in total. The van der Waals surface area contributed by atoms with Gasteiger partial charge in [-0.25, -0.2) is 4.39 Å². The van der Waals surface area contributed by atoms with E-state index in [1.54, 1.807) is 20.8 Å². The summed E-state index contributed by atoms with van der Waals surface area (Å²) in [5, 5.41) is 0.402. The Morgan fingerprint density at radius 1 is 1.50 bits per heavy atom. The smallest absolute Gasteiger partial charge is 0.130 e. The minimum absolute atomic E-state index is 0.402. The number of hydrogen-bond acceptors (Lipinski definition) is 1. The fourth-order valence-corrected chi connectivity index (χ4v) is 1.29. The Morgan fingerprint density at radius 3 is 2.29 bits per heavy atom. The van der Waals surface area contributed by atoms with Crippen molar-refractivity contribution < 1.29 is 9.18 Å². The molecule has 14 heavy (non-hydrogen) atoms. The normalized spacial score (nSPS) is 14.8. The molecule has 0 aliphatic rings. The van der Waals surface area contributed by atoms with E-state index in [4.69, 9.17) is 11.6 Å². The molecule has 0 radical (unpaired) electrons. The van der Waals surface area contributed by atoms with Gasteiger partial charge >= 0.3 is 0 Å². The summed E-state index contributed by atoms with van der Waals surface area (Å²) in [5.41, 5.74) is -0.321. The number of hydrogen-bond donors (Lipinski definition) is 0. The molecule has 0 aromatic carbocycles. The van der Waals surface area contributed by atoms with Gasteiger partial charge in [0.2, 0.25) is 0 Å². The lowest BCUT2D eigenvalue weighted by Gasteiger charge is -2.19. The summed E-state index contributed by atoms with van der Waals surface area (Å²) < 4.78 is 12.9. The maximum absolute atomic E-state index is 12.9. The molecule has 78 valence electrons. The van der Waals surface area contributed by atoms with E-state index in [2.05, 4.69) is 6.58 Å². The van der Waals surface area contributed by atoms with E-state index in [0.717, 1.165) is 12.4 Å². The lowest BCUT2D eigenvalue weighted by Crippen LogP contribution is -2.16.